The van der Waals surface area contributed by atoms with E-state index in [4.69, 9.17) is 21.3 Å². The first-order valence-electron chi connectivity index (χ1n) is 11.7. The van der Waals surface area contributed by atoms with Crippen LogP contribution in [0.2, 0.25) is 5.02 Å². The van der Waals surface area contributed by atoms with Crippen molar-refractivity contribution < 1.29 is 13.5 Å². The number of hydrogen-bond donors (Lipinski definition) is 0. The topological polar surface area (TPSA) is 44.7 Å². The van der Waals surface area contributed by atoms with E-state index in [-0.39, 0.29) is 26.6 Å². The summed E-state index contributed by atoms with van der Waals surface area (Å²) in [5.74, 6) is 0.136. The molecule has 0 spiro atoms. The van der Waals surface area contributed by atoms with E-state index in [1.807, 2.05) is 0 Å². The Labute approximate surface area is 205 Å². The molecule has 2 unspecified atom stereocenters. The SMILES string of the molecule is CN1C2CCC1CN(c1nc(OC[C@@]34CCCN3C[C@H](F)C4)nc3c(F)c(Br)c(Cl)cc13)C2. The lowest BCUT2D eigenvalue weighted by Crippen LogP contribution is -2.52. The zero-order chi connectivity index (χ0) is 22.9. The maximum atomic E-state index is 15.3. The molecule has 6 rings (SSSR count). The molecule has 2 aromatic rings. The average molecular weight is 543 g/mol. The van der Waals surface area contributed by atoms with Crippen LogP contribution in [0.15, 0.2) is 10.5 Å². The molecule has 6 nitrogen and oxygen atoms in total. The zero-order valence-electron chi connectivity index (χ0n) is 18.5. The predicted molar refractivity (Wildman–Crippen MR) is 128 cm³/mol. The molecule has 33 heavy (non-hydrogen) atoms. The molecule has 0 amide bonds. The number of piperazine rings is 1. The quantitative estimate of drug-likeness (QED) is 0.533. The second-order valence-electron chi connectivity index (χ2n) is 10.0. The Morgan fingerprint density at radius 2 is 2.00 bits per heavy atom. The lowest BCUT2D eigenvalue weighted by atomic mass is 9.95. The lowest BCUT2D eigenvalue weighted by molar-refractivity contribution is 0.107. The number of hydrogen-bond acceptors (Lipinski definition) is 6. The largest absolute Gasteiger partial charge is 0.461 e. The number of nitrogens with zero attached hydrogens (tertiary/aromatic N) is 5. The zero-order valence-corrected chi connectivity index (χ0v) is 20.9. The van der Waals surface area contributed by atoms with Gasteiger partial charge in [0.05, 0.1) is 15.0 Å². The minimum atomic E-state index is -0.835. The highest BCUT2D eigenvalue weighted by atomic mass is 79.9. The van der Waals surface area contributed by atoms with Crippen molar-refractivity contribution in [3.63, 3.8) is 0 Å². The summed E-state index contributed by atoms with van der Waals surface area (Å²) >= 11 is 9.56. The number of ether oxygens (including phenoxy) is 1. The number of fused-ring (bicyclic) bond motifs is 4. The molecule has 0 N–H and O–H groups in total. The number of likely N-dealkylation sites (N-methyl/N-ethyl adjacent to an activating group) is 1. The van der Waals surface area contributed by atoms with Crippen LogP contribution in [0.4, 0.5) is 14.6 Å². The van der Waals surface area contributed by atoms with Crippen molar-refractivity contribution in [2.75, 3.05) is 44.7 Å². The van der Waals surface area contributed by atoms with Gasteiger partial charge < -0.3 is 9.64 Å². The van der Waals surface area contributed by atoms with E-state index in [2.05, 4.69) is 42.7 Å². The summed E-state index contributed by atoms with van der Waals surface area (Å²) in [6.07, 6.45) is 3.85. The summed E-state index contributed by atoms with van der Waals surface area (Å²) in [7, 11) is 2.17. The molecule has 0 saturated carbocycles. The Morgan fingerprint density at radius 1 is 1.24 bits per heavy atom. The molecule has 1 aromatic carbocycles. The fourth-order valence-corrected chi connectivity index (χ4v) is 6.87. The molecule has 4 aliphatic heterocycles. The molecular weight excluding hydrogens is 516 g/mol. The number of aromatic nitrogens is 2. The second-order valence-corrected chi connectivity index (χ2v) is 11.2. The monoisotopic (exact) mass is 541 g/mol. The molecule has 4 saturated heterocycles. The normalized spacial score (nSPS) is 32.2. The van der Waals surface area contributed by atoms with E-state index >= 15 is 4.39 Å². The van der Waals surface area contributed by atoms with Gasteiger partial charge in [0.15, 0.2) is 5.82 Å². The Morgan fingerprint density at radius 3 is 2.76 bits per heavy atom. The van der Waals surface area contributed by atoms with Crippen LogP contribution in [-0.4, -0.2) is 83.4 Å². The summed E-state index contributed by atoms with van der Waals surface area (Å²) in [6, 6.07) is 2.76. The average Bonchev–Trinajstić information content (AvgIpc) is 3.36. The van der Waals surface area contributed by atoms with E-state index < -0.39 is 12.0 Å². The van der Waals surface area contributed by atoms with Gasteiger partial charge >= 0.3 is 6.01 Å². The highest BCUT2D eigenvalue weighted by Crippen LogP contribution is 2.42. The Balaban J connectivity index is 1.38. The molecule has 0 aliphatic carbocycles. The van der Waals surface area contributed by atoms with Gasteiger partial charge in [0, 0.05) is 43.5 Å². The van der Waals surface area contributed by atoms with E-state index in [0.29, 0.717) is 42.9 Å². The second kappa shape index (κ2) is 8.14. The maximum absolute atomic E-state index is 15.3. The third-order valence-corrected chi connectivity index (χ3v) is 9.47. The van der Waals surface area contributed by atoms with Crippen LogP contribution in [0, 0.1) is 5.82 Å². The Hall–Kier alpha value is -1.29. The van der Waals surface area contributed by atoms with Gasteiger partial charge in [0.2, 0.25) is 0 Å². The van der Waals surface area contributed by atoms with Crippen LogP contribution in [0.5, 0.6) is 6.01 Å². The first-order valence-corrected chi connectivity index (χ1v) is 12.9. The Bertz CT molecular complexity index is 1090. The predicted octanol–water partition coefficient (Wildman–Crippen LogP) is 4.42. The van der Waals surface area contributed by atoms with Crippen LogP contribution >= 0.6 is 27.5 Å². The minimum absolute atomic E-state index is 0.139. The number of alkyl halides is 1. The Kier molecular flexibility index (Phi) is 5.47. The van der Waals surface area contributed by atoms with Gasteiger partial charge in [-0.25, -0.2) is 8.78 Å². The summed E-state index contributed by atoms with van der Waals surface area (Å²) in [6.45, 7) is 3.28. The number of anilines is 1. The van der Waals surface area contributed by atoms with Crippen LogP contribution < -0.4 is 9.64 Å². The molecule has 5 heterocycles. The van der Waals surface area contributed by atoms with Crippen molar-refractivity contribution in [1.29, 1.82) is 0 Å². The van der Waals surface area contributed by atoms with Crippen molar-refractivity contribution in [3.8, 4) is 6.01 Å². The van der Waals surface area contributed by atoms with Crippen molar-refractivity contribution in [1.82, 2.24) is 19.8 Å². The lowest BCUT2D eigenvalue weighted by Gasteiger charge is -2.40. The summed E-state index contributed by atoms with van der Waals surface area (Å²) in [4.78, 5) is 16.1. The fourth-order valence-electron chi connectivity index (χ4n) is 6.38. The molecule has 10 heteroatoms. The van der Waals surface area contributed by atoms with Gasteiger partial charge in [0.25, 0.3) is 0 Å². The maximum Gasteiger partial charge on any atom is 0.319 e. The number of rotatable bonds is 4. The van der Waals surface area contributed by atoms with E-state index in [1.54, 1.807) is 6.07 Å². The van der Waals surface area contributed by atoms with Gasteiger partial charge in [-0.2, -0.15) is 9.97 Å². The van der Waals surface area contributed by atoms with E-state index in [0.717, 1.165) is 45.3 Å². The van der Waals surface area contributed by atoms with Crippen molar-refractivity contribution in [3.05, 3.63) is 21.4 Å². The fraction of sp³-hybridized carbons (Fsp3) is 0.652. The van der Waals surface area contributed by atoms with Crippen molar-refractivity contribution in [2.24, 2.45) is 0 Å². The smallest absolute Gasteiger partial charge is 0.319 e. The van der Waals surface area contributed by atoms with Crippen LogP contribution in [0.1, 0.15) is 32.1 Å². The van der Waals surface area contributed by atoms with Gasteiger partial charge in [-0.3, -0.25) is 9.80 Å². The third-order valence-electron chi connectivity index (χ3n) is 8.16. The summed E-state index contributed by atoms with van der Waals surface area (Å²) in [5, 5.41) is 0.874. The first-order chi connectivity index (χ1) is 15.8. The van der Waals surface area contributed by atoms with Crippen LogP contribution in [0.25, 0.3) is 10.9 Å². The van der Waals surface area contributed by atoms with Crippen LogP contribution in [-0.2, 0) is 0 Å². The number of halogens is 4. The van der Waals surface area contributed by atoms with E-state index in [1.165, 1.54) is 0 Å². The molecule has 4 aliphatic rings. The summed E-state index contributed by atoms with van der Waals surface area (Å²) in [5.41, 5.74) is -0.127. The van der Waals surface area contributed by atoms with Gasteiger partial charge in [-0.1, -0.05) is 11.6 Å². The molecule has 2 bridgehead atoms. The van der Waals surface area contributed by atoms with Gasteiger partial charge in [-0.15, -0.1) is 0 Å². The molecular formula is C23H27BrClF2N5O. The first kappa shape index (κ1) is 22.2. The molecule has 178 valence electrons. The molecule has 4 fully saturated rings. The highest BCUT2D eigenvalue weighted by Gasteiger charge is 2.49. The standard InChI is InChI=1S/C23H27BrClF2N5O/c1-30-14-3-4-15(30)11-31(10-14)21-16-7-17(25)18(24)19(27)20(16)28-22(29-21)33-12-23-5-2-6-32(23)9-13(26)8-23/h7,13-15H,2-6,8-12H2,1H3/t13-,14?,15?,23+/m1/s1. The van der Waals surface area contributed by atoms with Crippen molar-refractivity contribution >= 4 is 44.3 Å². The van der Waals surface area contributed by atoms with Gasteiger partial charge in [-0.05, 0) is 61.3 Å². The van der Waals surface area contributed by atoms with Crippen molar-refractivity contribution in [2.45, 2.75) is 55.9 Å². The molecule has 4 atom stereocenters. The van der Waals surface area contributed by atoms with Crippen LogP contribution in [0.3, 0.4) is 0 Å². The highest BCUT2D eigenvalue weighted by molar-refractivity contribution is 9.10. The molecule has 0 radical (unpaired) electrons. The van der Waals surface area contributed by atoms with Gasteiger partial charge in [0.1, 0.15) is 24.1 Å². The van der Waals surface area contributed by atoms with E-state index in [9.17, 15) is 4.39 Å². The summed E-state index contributed by atoms with van der Waals surface area (Å²) < 4.78 is 35.7. The third kappa shape index (κ3) is 3.61. The molecule has 1 aromatic heterocycles. The minimum Gasteiger partial charge on any atom is -0.461 e. The number of benzene rings is 1.